The average Bonchev–Trinajstić information content (AvgIpc) is 2.58. The fourth-order valence-electron chi connectivity index (χ4n) is 1.71. The number of benzene rings is 1. The first-order valence-corrected chi connectivity index (χ1v) is 5.26. The molecule has 0 saturated heterocycles. The Morgan fingerprint density at radius 3 is 2.59 bits per heavy atom. The van der Waals surface area contributed by atoms with Gasteiger partial charge in [0.2, 0.25) is 0 Å². The summed E-state index contributed by atoms with van der Waals surface area (Å²) in [5.41, 5.74) is 18.4. The van der Waals surface area contributed by atoms with Crippen molar-refractivity contribution in [3.63, 3.8) is 0 Å². The van der Waals surface area contributed by atoms with Gasteiger partial charge in [-0.05, 0) is 25.1 Å². The van der Waals surface area contributed by atoms with Crippen molar-refractivity contribution in [3.8, 4) is 11.4 Å². The van der Waals surface area contributed by atoms with Gasteiger partial charge in [0.25, 0.3) is 0 Å². The van der Waals surface area contributed by atoms with E-state index < -0.39 is 0 Å². The molecule has 1 heterocycles. The third-order valence-electron chi connectivity index (χ3n) is 2.56. The molecule has 0 unspecified atom stereocenters. The molecule has 7 N–H and O–H groups in total. The SMILES string of the molecule is NCCc1c(N)nn(-c2ccccc2O)c1N. The Kier molecular flexibility index (Phi) is 2.88. The fourth-order valence-corrected chi connectivity index (χ4v) is 1.71. The second-order valence-corrected chi connectivity index (χ2v) is 3.69. The van der Waals surface area contributed by atoms with E-state index in [2.05, 4.69) is 5.10 Å². The van der Waals surface area contributed by atoms with Gasteiger partial charge in [0, 0.05) is 5.56 Å². The molecule has 0 radical (unpaired) electrons. The van der Waals surface area contributed by atoms with Gasteiger partial charge < -0.3 is 22.3 Å². The van der Waals surface area contributed by atoms with Crippen LogP contribution in [0.25, 0.3) is 5.69 Å². The molecule has 0 spiro atoms. The lowest BCUT2D eigenvalue weighted by molar-refractivity contribution is 0.471. The van der Waals surface area contributed by atoms with Crippen molar-refractivity contribution in [1.82, 2.24) is 9.78 Å². The van der Waals surface area contributed by atoms with E-state index in [1.54, 1.807) is 24.3 Å². The molecule has 0 aliphatic carbocycles. The largest absolute Gasteiger partial charge is 0.506 e. The molecule has 2 rings (SSSR count). The molecule has 0 aliphatic heterocycles. The van der Waals surface area contributed by atoms with E-state index in [1.165, 1.54) is 4.68 Å². The van der Waals surface area contributed by atoms with E-state index >= 15 is 0 Å². The summed E-state index contributed by atoms with van der Waals surface area (Å²) < 4.78 is 1.43. The van der Waals surface area contributed by atoms with Crippen molar-refractivity contribution in [2.75, 3.05) is 18.0 Å². The maximum Gasteiger partial charge on any atom is 0.151 e. The van der Waals surface area contributed by atoms with Crippen molar-refractivity contribution in [2.24, 2.45) is 5.73 Å². The number of hydrogen-bond acceptors (Lipinski definition) is 5. The summed E-state index contributed by atoms with van der Waals surface area (Å²) in [5.74, 6) is 0.853. The topological polar surface area (TPSA) is 116 Å². The quantitative estimate of drug-likeness (QED) is 0.606. The van der Waals surface area contributed by atoms with Gasteiger partial charge >= 0.3 is 0 Å². The number of nitrogen functional groups attached to an aromatic ring is 2. The lowest BCUT2D eigenvalue weighted by atomic mass is 10.2. The van der Waals surface area contributed by atoms with Crippen LogP contribution in [0.5, 0.6) is 5.75 Å². The highest BCUT2D eigenvalue weighted by atomic mass is 16.3. The second-order valence-electron chi connectivity index (χ2n) is 3.69. The van der Waals surface area contributed by atoms with E-state index in [4.69, 9.17) is 17.2 Å². The Balaban J connectivity index is 2.54. The van der Waals surface area contributed by atoms with Crippen molar-refractivity contribution in [1.29, 1.82) is 0 Å². The van der Waals surface area contributed by atoms with Crippen LogP contribution in [0.4, 0.5) is 11.6 Å². The molecule has 1 aromatic heterocycles. The van der Waals surface area contributed by atoms with Gasteiger partial charge in [-0.2, -0.15) is 0 Å². The first-order chi connectivity index (χ1) is 8.15. The number of phenolic OH excluding ortho intramolecular Hbond substituents is 1. The van der Waals surface area contributed by atoms with Crippen LogP contribution < -0.4 is 17.2 Å². The number of nitrogens with zero attached hydrogens (tertiary/aromatic N) is 2. The molecule has 0 atom stereocenters. The Morgan fingerprint density at radius 2 is 1.94 bits per heavy atom. The Bertz CT molecular complexity index is 535. The smallest absolute Gasteiger partial charge is 0.151 e. The molecule has 90 valence electrons. The summed E-state index contributed by atoms with van der Waals surface area (Å²) >= 11 is 0. The van der Waals surface area contributed by atoms with Gasteiger partial charge in [-0.15, -0.1) is 5.10 Å². The number of nitrogens with two attached hydrogens (primary N) is 3. The van der Waals surface area contributed by atoms with Crippen molar-refractivity contribution in [2.45, 2.75) is 6.42 Å². The second kappa shape index (κ2) is 4.34. The Labute approximate surface area is 98.6 Å². The fraction of sp³-hybridized carbons (Fsp3) is 0.182. The van der Waals surface area contributed by atoms with E-state index in [-0.39, 0.29) is 5.75 Å². The normalized spacial score (nSPS) is 10.6. The first-order valence-electron chi connectivity index (χ1n) is 5.26. The molecular weight excluding hydrogens is 218 g/mol. The van der Waals surface area contributed by atoms with Gasteiger partial charge in [-0.25, -0.2) is 4.68 Å². The van der Waals surface area contributed by atoms with E-state index in [1.807, 2.05) is 0 Å². The van der Waals surface area contributed by atoms with Crippen LogP contribution in [0.1, 0.15) is 5.56 Å². The number of aromatic hydroxyl groups is 1. The molecular formula is C11H15N5O. The predicted octanol–water partition coefficient (Wildman–Crippen LogP) is 0.243. The average molecular weight is 233 g/mol. The van der Waals surface area contributed by atoms with Crippen LogP contribution in [-0.2, 0) is 6.42 Å². The molecule has 2 aromatic rings. The Hall–Kier alpha value is -2.21. The number of hydrogen-bond donors (Lipinski definition) is 4. The highest BCUT2D eigenvalue weighted by Crippen LogP contribution is 2.27. The van der Waals surface area contributed by atoms with Crippen LogP contribution in [0, 0.1) is 0 Å². The molecule has 0 saturated carbocycles. The Morgan fingerprint density at radius 1 is 1.24 bits per heavy atom. The monoisotopic (exact) mass is 233 g/mol. The summed E-state index contributed by atoms with van der Waals surface area (Å²) in [5, 5.41) is 13.9. The third kappa shape index (κ3) is 1.90. The highest BCUT2D eigenvalue weighted by molar-refractivity contribution is 5.60. The van der Waals surface area contributed by atoms with Crippen LogP contribution in [0.15, 0.2) is 24.3 Å². The molecule has 17 heavy (non-hydrogen) atoms. The van der Waals surface area contributed by atoms with Gasteiger partial charge in [0.05, 0.1) is 0 Å². The maximum atomic E-state index is 9.74. The van der Waals surface area contributed by atoms with Crippen LogP contribution >= 0.6 is 0 Å². The van der Waals surface area contributed by atoms with Crippen molar-refractivity contribution >= 4 is 11.6 Å². The zero-order chi connectivity index (χ0) is 12.4. The highest BCUT2D eigenvalue weighted by Gasteiger charge is 2.15. The minimum atomic E-state index is 0.0981. The predicted molar refractivity (Wildman–Crippen MR) is 66.8 cm³/mol. The number of phenols is 1. The summed E-state index contributed by atoms with van der Waals surface area (Å²) in [6.07, 6.45) is 0.561. The first kappa shape index (κ1) is 11.3. The summed E-state index contributed by atoms with van der Waals surface area (Å²) in [4.78, 5) is 0. The minimum Gasteiger partial charge on any atom is -0.506 e. The van der Waals surface area contributed by atoms with Crippen molar-refractivity contribution < 1.29 is 5.11 Å². The van der Waals surface area contributed by atoms with Gasteiger partial charge in [0.1, 0.15) is 17.3 Å². The molecule has 1 aromatic carbocycles. The molecule has 6 nitrogen and oxygen atoms in total. The zero-order valence-electron chi connectivity index (χ0n) is 9.30. The van der Waals surface area contributed by atoms with Crippen LogP contribution in [0.2, 0.25) is 0 Å². The van der Waals surface area contributed by atoms with Crippen LogP contribution in [0.3, 0.4) is 0 Å². The molecule has 0 fully saturated rings. The van der Waals surface area contributed by atoms with Gasteiger partial charge in [0.15, 0.2) is 5.82 Å². The summed E-state index contributed by atoms with van der Waals surface area (Å²) in [6.45, 7) is 0.445. The lowest BCUT2D eigenvalue weighted by Gasteiger charge is -2.06. The van der Waals surface area contributed by atoms with Crippen molar-refractivity contribution in [3.05, 3.63) is 29.8 Å². The summed E-state index contributed by atoms with van der Waals surface area (Å²) in [7, 11) is 0. The molecule has 0 bridgehead atoms. The number of rotatable bonds is 3. The lowest BCUT2D eigenvalue weighted by Crippen LogP contribution is -2.07. The number of aromatic nitrogens is 2. The van der Waals surface area contributed by atoms with Gasteiger partial charge in [-0.1, -0.05) is 12.1 Å². The number of para-hydroxylation sites is 2. The minimum absolute atomic E-state index is 0.0981. The third-order valence-corrected chi connectivity index (χ3v) is 2.56. The van der Waals surface area contributed by atoms with E-state index in [0.29, 0.717) is 30.3 Å². The molecule has 0 aliphatic rings. The number of anilines is 2. The molecule has 6 heteroatoms. The standard InChI is InChI=1S/C11H15N5O/c12-6-5-7-10(13)15-16(11(7)14)8-3-1-2-4-9(8)17/h1-4,17H,5-6,12,14H2,(H2,13,15). The maximum absolute atomic E-state index is 9.74. The van der Waals surface area contributed by atoms with Gasteiger partial charge in [-0.3, -0.25) is 0 Å². The van der Waals surface area contributed by atoms with E-state index in [9.17, 15) is 5.11 Å². The van der Waals surface area contributed by atoms with Crippen LogP contribution in [-0.4, -0.2) is 21.4 Å². The summed E-state index contributed by atoms with van der Waals surface area (Å²) in [6, 6.07) is 6.79. The zero-order valence-corrected chi connectivity index (χ0v) is 9.30. The molecule has 0 amide bonds. The van der Waals surface area contributed by atoms with E-state index in [0.717, 1.165) is 5.56 Å².